The molecule has 0 unspecified atom stereocenters. The van der Waals surface area contributed by atoms with E-state index in [1.54, 1.807) is 24.3 Å². The van der Waals surface area contributed by atoms with Gasteiger partial charge in [-0.3, -0.25) is 14.8 Å². The average Bonchev–Trinajstić information content (AvgIpc) is 2.64. The van der Waals surface area contributed by atoms with Crippen LogP contribution in [0, 0.1) is 11.8 Å². The molecule has 134 valence electrons. The number of aliphatic hydroxyl groups is 1. The van der Waals surface area contributed by atoms with Crippen LogP contribution in [0.5, 0.6) is 0 Å². The van der Waals surface area contributed by atoms with Gasteiger partial charge in [-0.2, -0.15) is 0 Å². The maximum absolute atomic E-state index is 12.3. The molecule has 2 rings (SSSR count). The summed E-state index contributed by atoms with van der Waals surface area (Å²) in [6.07, 6.45) is 0. The van der Waals surface area contributed by atoms with E-state index in [4.69, 9.17) is 5.21 Å². The van der Waals surface area contributed by atoms with E-state index in [0.29, 0.717) is 5.56 Å². The minimum atomic E-state index is -1.55. The molecule has 0 heterocycles. The highest BCUT2D eigenvalue weighted by molar-refractivity contribution is 5.97. The molecule has 0 aliphatic heterocycles. The van der Waals surface area contributed by atoms with Gasteiger partial charge in [-0.25, -0.2) is 5.48 Å². The maximum Gasteiger partial charge on any atom is 0.268 e. The van der Waals surface area contributed by atoms with Crippen molar-refractivity contribution < 1.29 is 19.9 Å². The van der Waals surface area contributed by atoms with Crippen LogP contribution < -0.4 is 10.8 Å². The van der Waals surface area contributed by atoms with Gasteiger partial charge >= 0.3 is 0 Å². The smallest absolute Gasteiger partial charge is 0.268 e. The highest BCUT2D eigenvalue weighted by Crippen LogP contribution is 2.11. The molecule has 1 atom stereocenters. The molecule has 6 nitrogen and oxygen atoms in total. The lowest BCUT2D eigenvalue weighted by Crippen LogP contribution is -2.57. The Morgan fingerprint density at radius 2 is 1.50 bits per heavy atom. The number of amides is 2. The molecule has 0 saturated heterocycles. The number of benzene rings is 2. The van der Waals surface area contributed by atoms with Crippen LogP contribution in [0.15, 0.2) is 54.6 Å². The summed E-state index contributed by atoms with van der Waals surface area (Å²) in [6, 6.07) is 14.7. The third kappa shape index (κ3) is 5.18. The van der Waals surface area contributed by atoms with E-state index >= 15 is 0 Å². The molecule has 0 aromatic heterocycles. The summed E-state index contributed by atoms with van der Waals surface area (Å²) in [6.45, 7) is 2.71. The Kier molecular flexibility index (Phi) is 6.12. The number of carbonyl (C=O) groups excluding carboxylic acids is 2. The second-order valence-electron chi connectivity index (χ2n) is 6.23. The first-order valence-electron chi connectivity index (χ1n) is 7.95. The Morgan fingerprint density at radius 1 is 0.962 bits per heavy atom. The summed E-state index contributed by atoms with van der Waals surface area (Å²) in [5.41, 5.74) is 1.81. The lowest BCUT2D eigenvalue weighted by atomic mass is 9.97. The Bertz CT molecular complexity index is 828. The summed E-state index contributed by atoms with van der Waals surface area (Å²) in [7, 11) is 0. The highest BCUT2D eigenvalue weighted by Gasteiger charge is 2.34. The van der Waals surface area contributed by atoms with E-state index in [9.17, 15) is 14.7 Å². The normalized spacial score (nSPS) is 11.7. The average molecular weight is 352 g/mol. The Balaban J connectivity index is 2.11. The quantitative estimate of drug-likeness (QED) is 0.380. The lowest BCUT2D eigenvalue weighted by Gasteiger charge is -2.28. The van der Waals surface area contributed by atoms with Crippen molar-refractivity contribution in [2.45, 2.75) is 25.5 Å². The fraction of sp³-hybridized carbons (Fsp3) is 0.200. The summed E-state index contributed by atoms with van der Waals surface area (Å²) >= 11 is 0. The molecule has 2 aromatic carbocycles. The molecule has 0 spiro atoms. The van der Waals surface area contributed by atoms with E-state index in [0.717, 1.165) is 11.1 Å². The van der Waals surface area contributed by atoms with Crippen LogP contribution in [0.25, 0.3) is 0 Å². The van der Waals surface area contributed by atoms with Gasteiger partial charge in [0.1, 0.15) is 6.04 Å². The molecule has 0 bridgehead atoms. The number of carbonyl (C=O) groups is 2. The predicted molar refractivity (Wildman–Crippen MR) is 96.3 cm³/mol. The van der Waals surface area contributed by atoms with Gasteiger partial charge in [0, 0.05) is 16.7 Å². The van der Waals surface area contributed by atoms with Crippen molar-refractivity contribution >= 4 is 11.8 Å². The first-order valence-corrected chi connectivity index (χ1v) is 7.95. The summed E-state index contributed by atoms with van der Waals surface area (Å²) in [5.74, 6) is 4.56. The standard InChI is InChI=1S/C20H20N2O4/c1-20(2,25)17(19(24)22-26)21-18(23)16-12-10-15(11-13-16)9-8-14-6-4-3-5-7-14/h3-7,10-13,17,25-26H,1-2H3,(H,21,23)(H,22,24)/t17-/m1/s1. The SMILES string of the molecule is CC(C)(O)[C@H](NC(=O)c1ccc(C#Cc2ccccc2)cc1)C(=O)NO. The number of nitrogens with one attached hydrogen (secondary N) is 2. The van der Waals surface area contributed by atoms with Crippen molar-refractivity contribution in [1.82, 2.24) is 10.8 Å². The monoisotopic (exact) mass is 352 g/mol. The van der Waals surface area contributed by atoms with E-state index in [1.165, 1.54) is 19.3 Å². The van der Waals surface area contributed by atoms with Crippen molar-refractivity contribution in [3.63, 3.8) is 0 Å². The number of hydrogen-bond acceptors (Lipinski definition) is 4. The van der Waals surface area contributed by atoms with E-state index in [-0.39, 0.29) is 0 Å². The van der Waals surface area contributed by atoms with Crippen LogP contribution in [0.2, 0.25) is 0 Å². The molecule has 0 radical (unpaired) electrons. The maximum atomic E-state index is 12.3. The van der Waals surface area contributed by atoms with Crippen LogP contribution in [0.3, 0.4) is 0 Å². The molecular weight excluding hydrogens is 332 g/mol. The van der Waals surface area contributed by atoms with Crippen molar-refractivity contribution in [3.05, 3.63) is 71.3 Å². The predicted octanol–water partition coefficient (Wildman–Crippen LogP) is 1.46. The lowest BCUT2D eigenvalue weighted by molar-refractivity contribution is -0.136. The topological polar surface area (TPSA) is 98.7 Å². The zero-order valence-electron chi connectivity index (χ0n) is 14.5. The molecule has 2 aromatic rings. The second-order valence-corrected chi connectivity index (χ2v) is 6.23. The van der Waals surface area contributed by atoms with Gasteiger partial charge in [0.15, 0.2) is 0 Å². The first-order chi connectivity index (χ1) is 12.3. The summed E-state index contributed by atoms with van der Waals surface area (Å²) < 4.78 is 0. The van der Waals surface area contributed by atoms with E-state index in [2.05, 4.69) is 17.2 Å². The Morgan fingerprint density at radius 3 is 2.00 bits per heavy atom. The van der Waals surface area contributed by atoms with Gasteiger partial charge in [0.25, 0.3) is 11.8 Å². The number of rotatable bonds is 4. The van der Waals surface area contributed by atoms with Crippen LogP contribution in [-0.4, -0.2) is 33.8 Å². The molecular formula is C20H20N2O4. The molecule has 4 N–H and O–H groups in total. The van der Waals surface area contributed by atoms with Gasteiger partial charge in [0.05, 0.1) is 5.60 Å². The largest absolute Gasteiger partial charge is 0.388 e. The zero-order valence-corrected chi connectivity index (χ0v) is 14.5. The van der Waals surface area contributed by atoms with Crippen LogP contribution in [0.4, 0.5) is 0 Å². The van der Waals surface area contributed by atoms with E-state index < -0.39 is 23.5 Å². The minimum absolute atomic E-state index is 0.301. The van der Waals surface area contributed by atoms with Crippen molar-refractivity contribution in [2.24, 2.45) is 0 Å². The Labute approximate surface area is 151 Å². The molecule has 6 heteroatoms. The van der Waals surface area contributed by atoms with Crippen LogP contribution in [-0.2, 0) is 4.79 Å². The third-order valence-corrected chi connectivity index (χ3v) is 3.63. The molecule has 0 fully saturated rings. The number of hydroxylamine groups is 1. The summed E-state index contributed by atoms with van der Waals surface area (Å²) in [4.78, 5) is 23.9. The molecule has 0 saturated carbocycles. The third-order valence-electron chi connectivity index (χ3n) is 3.63. The van der Waals surface area contributed by atoms with Crippen LogP contribution in [0.1, 0.15) is 35.3 Å². The fourth-order valence-electron chi connectivity index (χ4n) is 2.21. The highest BCUT2D eigenvalue weighted by atomic mass is 16.5. The fourth-order valence-corrected chi connectivity index (χ4v) is 2.21. The molecule has 26 heavy (non-hydrogen) atoms. The van der Waals surface area contributed by atoms with Gasteiger partial charge in [-0.05, 0) is 50.2 Å². The zero-order chi connectivity index (χ0) is 19.2. The molecule has 2 amide bonds. The van der Waals surface area contributed by atoms with Gasteiger partial charge in [-0.15, -0.1) is 0 Å². The van der Waals surface area contributed by atoms with Gasteiger partial charge in [-0.1, -0.05) is 30.0 Å². The number of hydrogen-bond donors (Lipinski definition) is 4. The minimum Gasteiger partial charge on any atom is -0.388 e. The van der Waals surface area contributed by atoms with E-state index in [1.807, 2.05) is 30.3 Å². The first kappa shape index (κ1) is 19.2. The van der Waals surface area contributed by atoms with Gasteiger partial charge in [0.2, 0.25) is 0 Å². The van der Waals surface area contributed by atoms with Crippen LogP contribution >= 0.6 is 0 Å². The molecule has 0 aliphatic rings. The Hall–Kier alpha value is -3.14. The molecule has 0 aliphatic carbocycles. The van der Waals surface area contributed by atoms with Crippen molar-refractivity contribution in [2.75, 3.05) is 0 Å². The second kappa shape index (κ2) is 8.30. The van der Waals surface area contributed by atoms with Crippen molar-refractivity contribution in [1.29, 1.82) is 0 Å². The van der Waals surface area contributed by atoms with Crippen molar-refractivity contribution in [3.8, 4) is 11.8 Å². The van der Waals surface area contributed by atoms with Gasteiger partial charge < -0.3 is 10.4 Å². The summed E-state index contributed by atoms with van der Waals surface area (Å²) in [5, 5.41) is 21.2.